The summed E-state index contributed by atoms with van der Waals surface area (Å²) in [7, 11) is 0. The zero-order valence-corrected chi connectivity index (χ0v) is 14.6. The zero-order valence-electron chi connectivity index (χ0n) is 14.6. The summed E-state index contributed by atoms with van der Waals surface area (Å²) in [6.45, 7) is 6.70. The highest BCUT2D eigenvalue weighted by Crippen LogP contribution is 2.30. The molecule has 0 fully saturated rings. The average Bonchev–Trinajstić information content (AvgIpc) is 2.70. The van der Waals surface area contributed by atoms with E-state index in [0.717, 1.165) is 0 Å². The van der Waals surface area contributed by atoms with Gasteiger partial charge in [0.15, 0.2) is 0 Å². The van der Waals surface area contributed by atoms with Crippen molar-refractivity contribution in [3.05, 3.63) is 109 Å². The molecule has 0 aliphatic rings. The predicted octanol–water partition coefficient (Wildman–Crippen LogP) is 6.43. The molecule has 0 N–H and O–H groups in total. The first-order valence-corrected chi connectivity index (χ1v) is 8.71. The first-order valence-electron chi connectivity index (χ1n) is 8.71. The van der Waals surface area contributed by atoms with Gasteiger partial charge in [-0.15, -0.1) is 6.58 Å². The van der Waals surface area contributed by atoms with Gasteiger partial charge in [-0.2, -0.15) is 0 Å². The molecular formula is C24H24O. The summed E-state index contributed by atoms with van der Waals surface area (Å²) in [4.78, 5) is 0. The fourth-order valence-electron chi connectivity index (χ4n) is 2.93. The Morgan fingerprint density at radius 1 is 0.800 bits per heavy atom. The molecule has 25 heavy (non-hydrogen) atoms. The van der Waals surface area contributed by atoms with Crippen LogP contribution in [-0.2, 0) is 11.3 Å². The fourth-order valence-corrected chi connectivity index (χ4v) is 2.93. The van der Waals surface area contributed by atoms with E-state index in [1.165, 1.54) is 22.3 Å². The van der Waals surface area contributed by atoms with E-state index in [-0.39, 0.29) is 12.0 Å². The Labute approximate surface area is 150 Å². The normalized spacial score (nSPS) is 13.2. The van der Waals surface area contributed by atoms with Gasteiger partial charge in [0, 0.05) is 5.92 Å². The predicted molar refractivity (Wildman–Crippen MR) is 105 cm³/mol. The molecule has 0 aliphatic carbocycles. The van der Waals surface area contributed by atoms with Crippen molar-refractivity contribution in [1.82, 2.24) is 0 Å². The average molecular weight is 328 g/mol. The van der Waals surface area contributed by atoms with Crippen molar-refractivity contribution in [3.8, 4) is 11.1 Å². The Bertz CT molecular complexity index is 775. The molecule has 0 saturated heterocycles. The first-order chi connectivity index (χ1) is 12.3. The lowest BCUT2D eigenvalue weighted by Gasteiger charge is -2.23. The van der Waals surface area contributed by atoms with Crippen molar-refractivity contribution >= 4 is 0 Å². The van der Waals surface area contributed by atoms with Crippen molar-refractivity contribution in [2.75, 3.05) is 0 Å². The fraction of sp³-hybridized carbons (Fsp3) is 0.167. The number of benzene rings is 3. The molecule has 3 aromatic rings. The smallest absolute Gasteiger partial charge is 0.0889 e. The lowest BCUT2D eigenvalue weighted by molar-refractivity contribution is 0.0165. The van der Waals surface area contributed by atoms with Crippen LogP contribution in [0.5, 0.6) is 0 Å². The van der Waals surface area contributed by atoms with Crippen molar-refractivity contribution in [3.63, 3.8) is 0 Å². The maximum absolute atomic E-state index is 6.24. The topological polar surface area (TPSA) is 9.23 Å². The number of hydrogen-bond donors (Lipinski definition) is 0. The Morgan fingerprint density at radius 2 is 1.36 bits per heavy atom. The van der Waals surface area contributed by atoms with Crippen LogP contribution >= 0.6 is 0 Å². The van der Waals surface area contributed by atoms with Gasteiger partial charge in [0.05, 0.1) is 12.7 Å². The van der Waals surface area contributed by atoms with Gasteiger partial charge >= 0.3 is 0 Å². The van der Waals surface area contributed by atoms with Crippen molar-refractivity contribution in [1.29, 1.82) is 0 Å². The molecule has 0 spiro atoms. The summed E-state index contributed by atoms with van der Waals surface area (Å²) in [5.74, 6) is 0.242. The van der Waals surface area contributed by atoms with Gasteiger partial charge in [-0.05, 0) is 22.3 Å². The van der Waals surface area contributed by atoms with Gasteiger partial charge in [-0.3, -0.25) is 0 Å². The molecule has 0 bridgehead atoms. The Morgan fingerprint density at radius 3 is 1.96 bits per heavy atom. The SMILES string of the molecule is C=C[C@@H](C)[C@@H](OCc1ccccc1)c1ccc(-c2ccccc2)cc1. The second-order valence-corrected chi connectivity index (χ2v) is 6.30. The molecule has 1 nitrogen and oxygen atoms in total. The monoisotopic (exact) mass is 328 g/mol. The number of hydrogen-bond acceptors (Lipinski definition) is 1. The third-order valence-corrected chi connectivity index (χ3v) is 4.47. The molecule has 126 valence electrons. The summed E-state index contributed by atoms with van der Waals surface area (Å²) in [6.07, 6.45) is 1.96. The molecule has 0 radical (unpaired) electrons. The number of rotatable bonds is 7. The van der Waals surface area contributed by atoms with Crippen LogP contribution in [0.3, 0.4) is 0 Å². The van der Waals surface area contributed by atoms with Crippen molar-refractivity contribution in [2.24, 2.45) is 5.92 Å². The van der Waals surface area contributed by atoms with E-state index in [2.05, 4.69) is 74.2 Å². The molecule has 0 aliphatic heterocycles. The van der Waals surface area contributed by atoms with Crippen LogP contribution in [0, 0.1) is 5.92 Å². The highest BCUT2D eigenvalue weighted by molar-refractivity contribution is 5.63. The lowest BCUT2D eigenvalue weighted by atomic mass is 9.95. The Hall–Kier alpha value is -2.64. The van der Waals surface area contributed by atoms with Crippen molar-refractivity contribution in [2.45, 2.75) is 19.6 Å². The molecule has 0 unspecified atom stereocenters. The maximum atomic E-state index is 6.24. The van der Waals surface area contributed by atoms with E-state index in [0.29, 0.717) is 6.61 Å². The summed E-state index contributed by atoms with van der Waals surface area (Å²) in [6, 6.07) is 29.4. The van der Waals surface area contributed by atoms with Gasteiger partial charge in [0.25, 0.3) is 0 Å². The first kappa shape index (κ1) is 17.2. The lowest BCUT2D eigenvalue weighted by Crippen LogP contribution is -2.12. The van der Waals surface area contributed by atoms with E-state index >= 15 is 0 Å². The second kappa shape index (κ2) is 8.46. The molecule has 3 aromatic carbocycles. The van der Waals surface area contributed by atoms with Crippen LogP contribution in [0.4, 0.5) is 0 Å². The summed E-state index contributed by atoms with van der Waals surface area (Å²) < 4.78 is 6.24. The van der Waals surface area contributed by atoms with Gasteiger partial charge < -0.3 is 4.74 Å². The molecule has 0 aromatic heterocycles. The molecule has 3 rings (SSSR count). The maximum Gasteiger partial charge on any atom is 0.0889 e. The van der Waals surface area contributed by atoms with E-state index in [9.17, 15) is 0 Å². The second-order valence-electron chi connectivity index (χ2n) is 6.30. The highest BCUT2D eigenvalue weighted by atomic mass is 16.5. The van der Waals surface area contributed by atoms with Gasteiger partial charge in [0.2, 0.25) is 0 Å². The summed E-state index contributed by atoms with van der Waals surface area (Å²) >= 11 is 0. The van der Waals surface area contributed by atoms with Crippen LogP contribution in [0.15, 0.2) is 97.6 Å². The standard InChI is InChI=1S/C24H24O/c1-3-19(2)24(25-18-20-10-6-4-7-11-20)23-16-14-22(15-17-23)21-12-8-5-9-13-21/h3-17,19,24H,1,18H2,2H3/t19-,24-/m1/s1. The van der Waals surface area contributed by atoms with E-state index in [4.69, 9.17) is 4.74 Å². The van der Waals surface area contributed by atoms with E-state index < -0.39 is 0 Å². The van der Waals surface area contributed by atoms with Crippen molar-refractivity contribution < 1.29 is 4.74 Å². The third-order valence-electron chi connectivity index (χ3n) is 4.47. The van der Waals surface area contributed by atoms with Gasteiger partial charge in [-0.25, -0.2) is 0 Å². The Kier molecular flexibility index (Phi) is 5.81. The molecule has 0 heterocycles. The molecular weight excluding hydrogens is 304 g/mol. The van der Waals surface area contributed by atoms with E-state index in [1.54, 1.807) is 0 Å². The van der Waals surface area contributed by atoms with Crippen LogP contribution in [0.25, 0.3) is 11.1 Å². The zero-order chi connectivity index (χ0) is 17.5. The van der Waals surface area contributed by atoms with Gasteiger partial charge in [-0.1, -0.05) is 97.9 Å². The summed E-state index contributed by atoms with van der Waals surface area (Å²) in [5.41, 5.74) is 4.82. The van der Waals surface area contributed by atoms with Crippen LogP contribution in [-0.4, -0.2) is 0 Å². The number of ether oxygens (including phenoxy) is 1. The van der Waals surface area contributed by atoms with Crippen LogP contribution in [0.2, 0.25) is 0 Å². The molecule has 0 amide bonds. The third kappa shape index (κ3) is 4.46. The van der Waals surface area contributed by atoms with Crippen LogP contribution in [0.1, 0.15) is 24.2 Å². The van der Waals surface area contributed by atoms with Crippen LogP contribution < -0.4 is 0 Å². The largest absolute Gasteiger partial charge is 0.368 e. The minimum atomic E-state index is 0.00234. The Balaban J connectivity index is 1.77. The molecule has 2 atom stereocenters. The van der Waals surface area contributed by atoms with Gasteiger partial charge in [0.1, 0.15) is 0 Å². The summed E-state index contributed by atoms with van der Waals surface area (Å²) in [5, 5.41) is 0. The molecule has 0 saturated carbocycles. The highest BCUT2D eigenvalue weighted by Gasteiger charge is 2.18. The molecule has 1 heteroatoms. The minimum Gasteiger partial charge on any atom is -0.368 e. The quantitative estimate of drug-likeness (QED) is 0.454. The minimum absolute atomic E-state index is 0.00234. The van der Waals surface area contributed by atoms with E-state index in [1.807, 2.05) is 30.3 Å².